The maximum atomic E-state index is 11.0. The zero-order valence-corrected chi connectivity index (χ0v) is 22.9. The van der Waals surface area contributed by atoms with E-state index in [0.717, 1.165) is 27.6 Å². The monoisotopic (exact) mass is 587 g/mol. The topological polar surface area (TPSA) is 189 Å². The second-order valence-corrected chi connectivity index (χ2v) is 10.5. The first-order valence-electron chi connectivity index (χ1n) is 12.2. The Labute approximate surface area is 241 Å². The molecular formula is C26H21N9O4S2. The van der Waals surface area contributed by atoms with Gasteiger partial charge in [0.05, 0.1) is 9.85 Å². The zero-order chi connectivity index (χ0) is 28.8. The van der Waals surface area contributed by atoms with E-state index < -0.39 is 0 Å². The quantitative estimate of drug-likeness (QED) is 0.119. The van der Waals surface area contributed by atoms with Crippen molar-refractivity contribution < 1.29 is 9.85 Å². The van der Waals surface area contributed by atoms with Crippen LogP contribution >= 0.6 is 23.5 Å². The van der Waals surface area contributed by atoms with Crippen LogP contribution in [-0.4, -0.2) is 42.2 Å². The number of nitro benzene ring substituents is 2. The van der Waals surface area contributed by atoms with E-state index in [2.05, 4.69) is 29.9 Å². The van der Waals surface area contributed by atoms with Crippen LogP contribution in [-0.2, 0) is 24.3 Å². The van der Waals surface area contributed by atoms with Crippen LogP contribution in [0.25, 0.3) is 0 Å². The summed E-state index contributed by atoms with van der Waals surface area (Å²) in [6.07, 6.45) is 6.41. The van der Waals surface area contributed by atoms with Gasteiger partial charge in [-0.1, -0.05) is 36.4 Å². The van der Waals surface area contributed by atoms with Gasteiger partial charge < -0.3 is 5.73 Å². The predicted octanol–water partition coefficient (Wildman–Crippen LogP) is 5.45. The molecule has 2 aliphatic heterocycles. The van der Waals surface area contributed by atoms with Gasteiger partial charge in [0.1, 0.15) is 16.4 Å². The van der Waals surface area contributed by atoms with Crippen molar-refractivity contribution in [1.82, 2.24) is 19.9 Å². The van der Waals surface area contributed by atoms with E-state index >= 15 is 0 Å². The molecule has 0 saturated heterocycles. The van der Waals surface area contributed by atoms with Crippen molar-refractivity contribution in [3.63, 3.8) is 0 Å². The van der Waals surface area contributed by atoms with Gasteiger partial charge >= 0.3 is 0 Å². The Bertz CT molecular complexity index is 1700. The minimum absolute atomic E-state index is 0.111. The fourth-order valence-electron chi connectivity index (χ4n) is 4.04. The van der Waals surface area contributed by atoms with E-state index in [1.54, 1.807) is 48.8 Å². The van der Waals surface area contributed by atoms with Crippen molar-refractivity contribution in [3.05, 3.63) is 97.3 Å². The normalized spacial score (nSPS) is 12.4. The predicted molar refractivity (Wildman–Crippen MR) is 158 cm³/mol. The summed E-state index contributed by atoms with van der Waals surface area (Å²) in [5.74, 6) is 2.40. The highest BCUT2D eigenvalue weighted by Crippen LogP contribution is 2.35. The minimum Gasteiger partial charge on any atom is -0.368 e. The van der Waals surface area contributed by atoms with Crippen molar-refractivity contribution in [2.24, 2.45) is 9.98 Å². The number of aromatic nitrogens is 4. The van der Waals surface area contributed by atoms with Gasteiger partial charge in [-0.25, -0.2) is 24.9 Å². The zero-order valence-electron chi connectivity index (χ0n) is 21.3. The van der Waals surface area contributed by atoms with Crippen LogP contribution in [0, 0.1) is 20.2 Å². The summed E-state index contributed by atoms with van der Waals surface area (Å²) >= 11 is 2.88. The van der Waals surface area contributed by atoms with Gasteiger partial charge in [0, 0.05) is 71.2 Å². The van der Waals surface area contributed by atoms with Crippen LogP contribution in [0.2, 0.25) is 0 Å². The third kappa shape index (κ3) is 6.53. The summed E-state index contributed by atoms with van der Waals surface area (Å²) < 4.78 is 0. The summed E-state index contributed by atoms with van der Waals surface area (Å²) in [5, 5.41) is 23.5. The van der Waals surface area contributed by atoms with Gasteiger partial charge in [0.2, 0.25) is 5.95 Å². The first-order chi connectivity index (χ1) is 19.9. The lowest BCUT2D eigenvalue weighted by atomic mass is 10.2. The fraction of sp³-hybridized carbons (Fsp3) is 0.154. The molecule has 2 aromatic heterocycles. The molecule has 0 bridgehead atoms. The molecule has 0 aliphatic carbocycles. The third-order valence-corrected chi connectivity index (χ3v) is 8.12. The largest absolute Gasteiger partial charge is 0.368 e. The lowest BCUT2D eigenvalue weighted by molar-refractivity contribution is -0.385. The first kappa shape index (κ1) is 27.8. The fourth-order valence-corrected chi connectivity index (χ4v) is 6.09. The molecule has 4 aromatic rings. The highest BCUT2D eigenvalue weighted by atomic mass is 32.2. The van der Waals surface area contributed by atoms with Gasteiger partial charge in [-0.3, -0.25) is 20.2 Å². The first-order valence-corrected chi connectivity index (χ1v) is 14.1. The summed E-state index contributed by atoms with van der Waals surface area (Å²) in [4.78, 5) is 46.2. The van der Waals surface area contributed by atoms with E-state index in [0.29, 0.717) is 40.7 Å². The summed E-state index contributed by atoms with van der Waals surface area (Å²) in [5.41, 5.74) is 9.17. The Morgan fingerprint density at radius 3 is 1.88 bits per heavy atom. The summed E-state index contributed by atoms with van der Waals surface area (Å²) in [6.45, 7) is 0. The molecule has 15 heteroatoms. The number of nitrogens with zero attached hydrogens (tertiary/aromatic N) is 8. The second-order valence-electron chi connectivity index (χ2n) is 8.55. The number of nitrogen functional groups attached to an aromatic ring is 1. The average molecular weight is 588 g/mol. The highest BCUT2D eigenvalue weighted by Gasteiger charge is 2.19. The van der Waals surface area contributed by atoms with Gasteiger partial charge in [0.25, 0.3) is 11.4 Å². The molecule has 6 rings (SSSR count). The van der Waals surface area contributed by atoms with Crippen molar-refractivity contribution in [3.8, 4) is 0 Å². The smallest absolute Gasteiger partial charge is 0.273 e. The molecule has 2 aliphatic rings. The number of aliphatic imine (C=N–C) groups is 2. The lowest BCUT2D eigenvalue weighted by Gasteiger charge is -2.07. The van der Waals surface area contributed by atoms with Gasteiger partial charge in [-0.2, -0.15) is 4.98 Å². The molecule has 0 fully saturated rings. The number of nitrogens with two attached hydrogens (primary N) is 1. The van der Waals surface area contributed by atoms with Gasteiger partial charge in [-0.05, 0) is 0 Å². The number of nitro groups is 2. The number of thioether (sulfide) groups is 2. The molecule has 4 heterocycles. The average Bonchev–Trinajstić information content (AvgIpc) is 3.65. The van der Waals surface area contributed by atoms with E-state index in [1.165, 1.54) is 42.0 Å². The standard InChI is InChI=1S/C13H11N5O2S.C13H10N4O2S/c14-13-16-11-9(5-6-15-11)12(17-13)21-7-8-3-1-2-4-10(8)18(19)20;18-17(19)11-4-2-1-3-9(11)7-20-13-10-5-6-14-12(10)15-8-16-13/h1-4,6H,5,7H2,(H2,14,16,17);1-4,6,8H,5,7H2. The molecule has 0 radical (unpaired) electrons. The Morgan fingerprint density at radius 1 is 0.732 bits per heavy atom. The Morgan fingerprint density at radius 2 is 1.27 bits per heavy atom. The van der Waals surface area contributed by atoms with Crippen LogP contribution in [0.1, 0.15) is 22.3 Å². The van der Waals surface area contributed by atoms with E-state index in [4.69, 9.17) is 5.73 Å². The summed E-state index contributed by atoms with van der Waals surface area (Å²) in [6, 6.07) is 13.4. The molecule has 0 atom stereocenters. The molecule has 41 heavy (non-hydrogen) atoms. The maximum Gasteiger partial charge on any atom is 0.273 e. The highest BCUT2D eigenvalue weighted by molar-refractivity contribution is 7.98. The number of benzene rings is 2. The molecule has 206 valence electrons. The van der Waals surface area contributed by atoms with Gasteiger partial charge in [0.15, 0.2) is 11.6 Å². The molecule has 0 spiro atoms. The Hall–Kier alpha value is -4.76. The molecule has 2 N–H and O–H groups in total. The van der Waals surface area contributed by atoms with Crippen LogP contribution < -0.4 is 5.73 Å². The number of anilines is 1. The number of hydrogen-bond acceptors (Lipinski definition) is 13. The maximum absolute atomic E-state index is 11.0. The number of para-hydroxylation sites is 2. The van der Waals surface area contributed by atoms with Crippen molar-refractivity contribution in [2.75, 3.05) is 5.73 Å². The van der Waals surface area contributed by atoms with Crippen LogP contribution in [0.5, 0.6) is 0 Å². The van der Waals surface area contributed by atoms with Crippen LogP contribution in [0.4, 0.5) is 29.0 Å². The van der Waals surface area contributed by atoms with Crippen molar-refractivity contribution >= 4 is 64.9 Å². The number of hydrogen-bond donors (Lipinski definition) is 1. The molecular weight excluding hydrogens is 566 g/mol. The molecule has 0 amide bonds. The Kier molecular flexibility index (Phi) is 8.55. The molecule has 0 unspecified atom stereocenters. The number of rotatable bonds is 8. The van der Waals surface area contributed by atoms with Gasteiger partial charge in [-0.15, -0.1) is 23.5 Å². The van der Waals surface area contributed by atoms with Crippen LogP contribution in [0.3, 0.4) is 0 Å². The van der Waals surface area contributed by atoms with Crippen molar-refractivity contribution in [2.45, 2.75) is 34.4 Å². The van der Waals surface area contributed by atoms with Crippen molar-refractivity contribution in [1.29, 1.82) is 0 Å². The third-order valence-electron chi connectivity index (χ3n) is 5.97. The van der Waals surface area contributed by atoms with E-state index in [1.807, 2.05) is 0 Å². The lowest BCUT2D eigenvalue weighted by Crippen LogP contribution is -2.00. The second kappa shape index (κ2) is 12.6. The molecule has 0 saturated carbocycles. The number of fused-ring (bicyclic) bond motifs is 2. The minimum atomic E-state index is -0.377. The molecule has 2 aromatic carbocycles. The summed E-state index contributed by atoms with van der Waals surface area (Å²) in [7, 11) is 0. The Balaban J connectivity index is 0.000000165. The van der Waals surface area contributed by atoms with E-state index in [-0.39, 0.29) is 27.2 Å². The van der Waals surface area contributed by atoms with E-state index in [9.17, 15) is 20.2 Å². The SMILES string of the molecule is Nc1nc2c(c(SCc3ccccc3[N+](=O)[O-])n1)CC=N2.O=[N+]([O-])c1ccccc1CSc1ncnc2c1CC=N2. The molecule has 13 nitrogen and oxygen atoms in total. The van der Waals surface area contributed by atoms with Crippen LogP contribution in [0.15, 0.2) is 74.9 Å².